The van der Waals surface area contributed by atoms with Gasteiger partial charge in [0.2, 0.25) is 0 Å². The van der Waals surface area contributed by atoms with E-state index in [1.807, 2.05) is 0 Å². The number of hydrogen-bond donors (Lipinski definition) is 0. The smallest absolute Gasteiger partial charge is 0.144 e. The number of benzene rings is 2. The summed E-state index contributed by atoms with van der Waals surface area (Å²) in [5.74, 6) is 1.60. The van der Waals surface area contributed by atoms with Crippen molar-refractivity contribution in [2.24, 2.45) is 11.3 Å². The van der Waals surface area contributed by atoms with Crippen molar-refractivity contribution in [1.82, 2.24) is 0 Å². The number of hydrogen-bond acceptors (Lipinski definition) is 1. The lowest BCUT2D eigenvalue weighted by Crippen LogP contribution is -2.42. The minimum atomic E-state index is -0.0719. The molecule has 0 N–H and O–H groups in total. The molecule has 2 aromatic carbocycles. The first-order valence-electron chi connectivity index (χ1n) is 9.32. The Bertz CT molecular complexity index is 902. The van der Waals surface area contributed by atoms with Crippen LogP contribution in [0.3, 0.4) is 0 Å². The van der Waals surface area contributed by atoms with Gasteiger partial charge in [0, 0.05) is 11.8 Å². The lowest BCUT2D eigenvalue weighted by Gasteiger charge is -2.39. The zero-order chi connectivity index (χ0) is 16.5. The van der Waals surface area contributed by atoms with E-state index in [4.69, 9.17) is 0 Å². The minimum Gasteiger partial charge on any atom is -0.299 e. The van der Waals surface area contributed by atoms with Gasteiger partial charge in [0.05, 0.1) is 0 Å². The van der Waals surface area contributed by atoms with E-state index >= 15 is 0 Å². The Morgan fingerprint density at radius 2 is 2.00 bits per heavy atom. The maximum absolute atomic E-state index is 13.1. The van der Waals surface area contributed by atoms with E-state index < -0.39 is 0 Å². The zero-order valence-corrected chi connectivity index (χ0v) is 14.6. The first-order chi connectivity index (χ1) is 11.6. The van der Waals surface area contributed by atoms with Crippen molar-refractivity contribution >= 4 is 16.6 Å². The summed E-state index contributed by atoms with van der Waals surface area (Å²) < 4.78 is 0. The van der Waals surface area contributed by atoms with Crippen LogP contribution in [0.4, 0.5) is 0 Å². The molecule has 0 aliphatic heterocycles. The molecular weight excluding hydrogens is 292 g/mol. The average Bonchev–Trinajstić information content (AvgIpc) is 3.15. The number of ketones is 1. The lowest BCUT2D eigenvalue weighted by atomic mass is 9.63. The van der Waals surface area contributed by atoms with Gasteiger partial charge in [-0.05, 0) is 65.0 Å². The third-order valence-electron chi connectivity index (χ3n) is 6.79. The minimum absolute atomic E-state index is 0.0719. The molecule has 1 heteroatoms. The van der Waals surface area contributed by atoms with Crippen molar-refractivity contribution in [3.8, 4) is 0 Å². The number of fused-ring (bicyclic) bond motifs is 5. The van der Waals surface area contributed by atoms with Crippen LogP contribution in [0, 0.1) is 11.3 Å². The highest BCUT2D eigenvalue weighted by atomic mass is 16.1. The number of allylic oxidation sites excluding steroid dienone is 2. The summed E-state index contributed by atoms with van der Waals surface area (Å²) in [6.07, 6.45) is 7.31. The van der Waals surface area contributed by atoms with Crippen molar-refractivity contribution in [2.75, 3.05) is 0 Å². The lowest BCUT2D eigenvalue weighted by molar-refractivity contribution is -0.131. The monoisotopic (exact) mass is 316 g/mol. The Balaban J connectivity index is 1.66. The van der Waals surface area contributed by atoms with E-state index in [1.54, 1.807) is 5.57 Å². The predicted octanol–water partition coefficient (Wildman–Crippen LogP) is 5.36. The second-order valence-electron chi connectivity index (χ2n) is 8.45. The molecule has 1 nitrogen and oxygen atoms in total. The van der Waals surface area contributed by atoms with E-state index in [9.17, 15) is 4.79 Å². The zero-order valence-electron chi connectivity index (χ0n) is 14.6. The largest absolute Gasteiger partial charge is 0.299 e. The summed E-state index contributed by atoms with van der Waals surface area (Å²) >= 11 is 0. The van der Waals surface area contributed by atoms with Gasteiger partial charge in [-0.3, -0.25) is 4.79 Å². The van der Waals surface area contributed by atoms with E-state index in [0.717, 1.165) is 19.3 Å². The highest BCUT2D eigenvalue weighted by Crippen LogP contribution is 2.57. The SMILES string of the molecule is CC(C)c1cccc2cc3c(cc12)CC1(CC2=CCC1C2)C(=O)C3. The molecular formula is C23H24O. The van der Waals surface area contributed by atoms with Gasteiger partial charge in [0.25, 0.3) is 0 Å². The van der Waals surface area contributed by atoms with Crippen LogP contribution >= 0.6 is 0 Å². The molecule has 0 aromatic heterocycles. The van der Waals surface area contributed by atoms with Crippen LogP contribution in [0.15, 0.2) is 42.0 Å². The van der Waals surface area contributed by atoms with Gasteiger partial charge in [-0.1, -0.05) is 55.8 Å². The summed E-state index contributed by atoms with van der Waals surface area (Å²) in [6.45, 7) is 4.53. The summed E-state index contributed by atoms with van der Waals surface area (Å²) in [6, 6.07) is 11.3. The van der Waals surface area contributed by atoms with Gasteiger partial charge >= 0.3 is 0 Å². The van der Waals surface area contributed by atoms with Crippen molar-refractivity contribution in [3.05, 3.63) is 58.7 Å². The summed E-state index contributed by atoms with van der Waals surface area (Å²) in [7, 11) is 0. The number of rotatable bonds is 1. The van der Waals surface area contributed by atoms with Gasteiger partial charge in [-0.15, -0.1) is 0 Å². The molecule has 2 aromatic rings. The van der Waals surface area contributed by atoms with Crippen LogP contribution < -0.4 is 0 Å². The van der Waals surface area contributed by atoms with Gasteiger partial charge in [0.1, 0.15) is 5.78 Å². The van der Waals surface area contributed by atoms with E-state index in [1.165, 1.54) is 33.9 Å². The molecule has 122 valence electrons. The summed E-state index contributed by atoms with van der Waals surface area (Å²) in [4.78, 5) is 13.1. The Morgan fingerprint density at radius 1 is 1.12 bits per heavy atom. The number of Topliss-reactive ketones (excluding diaryl/α,β-unsaturated/α-hetero) is 1. The fourth-order valence-electron chi connectivity index (χ4n) is 5.50. The second kappa shape index (κ2) is 4.81. The molecule has 2 bridgehead atoms. The van der Waals surface area contributed by atoms with E-state index in [-0.39, 0.29) is 5.41 Å². The Labute approximate surface area is 143 Å². The average molecular weight is 316 g/mol. The molecule has 3 aliphatic carbocycles. The van der Waals surface area contributed by atoms with Crippen LogP contribution in [-0.4, -0.2) is 5.78 Å². The molecule has 1 spiro atoms. The highest BCUT2D eigenvalue weighted by Gasteiger charge is 2.53. The molecule has 24 heavy (non-hydrogen) atoms. The van der Waals surface area contributed by atoms with E-state index in [0.29, 0.717) is 24.0 Å². The van der Waals surface area contributed by atoms with Gasteiger partial charge in [-0.2, -0.15) is 0 Å². The Hall–Kier alpha value is -1.89. The van der Waals surface area contributed by atoms with Crippen LogP contribution in [0.25, 0.3) is 10.8 Å². The molecule has 3 aliphatic rings. The first-order valence-corrected chi connectivity index (χ1v) is 9.32. The van der Waals surface area contributed by atoms with E-state index in [2.05, 4.69) is 50.3 Å². The molecule has 5 rings (SSSR count). The maximum atomic E-state index is 13.1. The highest BCUT2D eigenvalue weighted by molar-refractivity contribution is 5.94. The fourth-order valence-corrected chi connectivity index (χ4v) is 5.50. The molecule has 0 radical (unpaired) electrons. The first kappa shape index (κ1) is 14.5. The van der Waals surface area contributed by atoms with Crippen molar-refractivity contribution in [3.63, 3.8) is 0 Å². The van der Waals surface area contributed by atoms with Crippen LogP contribution in [0.1, 0.15) is 55.7 Å². The molecule has 2 unspecified atom stereocenters. The predicted molar refractivity (Wildman–Crippen MR) is 98.3 cm³/mol. The van der Waals surface area contributed by atoms with Crippen molar-refractivity contribution in [2.45, 2.75) is 51.9 Å². The maximum Gasteiger partial charge on any atom is 0.144 e. The fraction of sp³-hybridized carbons (Fsp3) is 0.435. The summed E-state index contributed by atoms with van der Waals surface area (Å²) in [5, 5.41) is 2.68. The number of carbonyl (C=O) groups is 1. The quantitative estimate of drug-likeness (QED) is 0.647. The topological polar surface area (TPSA) is 17.1 Å². The van der Waals surface area contributed by atoms with Gasteiger partial charge in [-0.25, -0.2) is 0 Å². The molecule has 2 atom stereocenters. The Kier molecular flexibility index (Phi) is 2.90. The molecule has 0 heterocycles. The third kappa shape index (κ3) is 1.84. The number of carbonyl (C=O) groups excluding carboxylic acids is 1. The van der Waals surface area contributed by atoms with Crippen LogP contribution in [0.5, 0.6) is 0 Å². The molecule has 1 saturated carbocycles. The third-order valence-corrected chi connectivity index (χ3v) is 6.79. The van der Waals surface area contributed by atoms with Gasteiger partial charge < -0.3 is 0 Å². The Morgan fingerprint density at radius 3 is 2.71 bits per heavy atom. The molecule has 0 saturated heterocycles. The molecule has 1 fully saturated rings. The van der Waals surface area contributed by atoms with Crippen LogP contribution in [-0.2, 0) is 17.6 Å². The van der Waals surface area contributed by atoms with Crippen molar-refractivity contribution in [1.29, 1.82) is 0 Å². The summed E-state index contributed by atoms with van der Waals surface area (Å²) in [5.41, 5.74) is 5.61. The van der Waals surface area contributed by atoms with Crippen molar-refractivity contribution < 1.29 is 4.79 Å². The standard InChI is InChI=1S/C23H24O/c1-14(2)20-5-3-4-16-9-17-11-22(24)23(13-18(17)10-21(16)20)12-15-6-7-19(23)8-15/h3-6,9-10,14,19H,7-8,11-13H2,1-2H3. The normalized spacial score (nSPS) is 28.0. The second-order valence-corrected chi connectivity index (χ2v) is 8.45. The van der Waals surface area contributed by atoms with Crippen LogP contribution in [0.2, 0.25) is 0 Å². The van der Waals surface area contributed by atoms with Gasteiger partial charge in [0.15, 0.2) is 0 Å². The molecule has 0 amide bonds.